The molecule has 20 heavy (non-hydrogen) atoms. The van der Waals surface area contributed by atoms with Gasteiger partial charge in [0.15, 0.2) is 0 Å². The van der Waals surface area contributed by atoms with E-state index in [9.17, 15) is 9.90 Å². The van der Waals surface area contributed by atoms with Gasteiger partial charge in [0.2, 0.25) is 0 Å². The lowest BCUT2D eigenvalue weighted by Gasteiger charge is -2.31. The number of likely N-dealkylation sites (tertiary alicyclic amines) is 1. The molecule has 1 aromatic carbocycles. The fraction of sp³-hybridized carbons (Fsp3) is 0.385. The summed E-state index contributed by atoms with van der Waals surface area (Å²) in [5, 5.41) is 21.2. The molecule has 1 aliphatic rings. The molecule has 1 aliphatic heterocycles. The zero-order valence-electron chi connectivity index (χ0n) is 10.8. The van der Waals surface area contributed by atoms with Gasteiger partial charge < -0.3 is 20.9 Å². The van der Waals surface area contributed by atoms with Crippen molar-refractivity contribution >= 4 is 23.3 Å². The molecule has 0 atom stereocenters. The molecule has 6 nitrogen and oxygen atoms in total. The number of piperidine rings is 1. The third-order valence-corrected chi connectivity index (χ3v) is 3.81. The Bertz CT molecular complexity index is 540. The number of hydrogen-bond acceptors (Lipinski definition) is 4. The van der Waals surface area contributed by atoms with Crippen LogP contribution in [0.3, 0.4) is 0 Å². The number of nitrogens with two attached hydrogens (primary N) is 1. The highest BCUT2D eigenvalue weighted by Gasteiger charge is 2.26. The third-order valence-electron chi connectivity index (χ3n) is 3.51. The molecule has 0 bridgehead atoms. The predicted molar refractivity (Wildman–Crippen MR) is 75.2 cm³/mol. The maximum atomic E-state index is 12.3. The quantitative estimate of drug-likeness (QED) is 0.334. The highest BCUT2D eigenvalue weighted by molar-refractivity contribution is 6.32. The summed E-state index contributed by atoms with van der Waals surface area (Å²) >= 11 is 5.80. The molecular weight excluding hydrogens is 282 g/mol. The van der Waals surface area contributed by atoms with Crippen LogP contribution in [0.1, 0.15) is 23.2 Å². The first-order valence-corrected chi connectivity index (χ1v) is 6.66. The summed E-state index contributed by atoms with van der Waals surface area (Å²) in [6.45, 7) is 1.08. The van der Waals surface area contributed by atoms with Gasteiger partial charge in [-0.15, -0.1) is 0 Å². The van der Waals surface area contributed by atoms with E-state index >= 15 is 0 Å². The zero-order chi connectivity index (χ0) is 14.7. The molecule has 1 amide bonds. The van der Waals surface area contributed by atoms with Crippen molar-refractivity contribution in [2.45, 2.75) is 12.8 Å². The number of carbonyl (C=O) groups excluding carboxylic acids is 1. The Hall–Kier alpha value is -1.95. The van der Waals surface area contributed by atoms with E-state index in [1.54, 1.807) is 11.0 Å². The topological polar surface area (TPSA) is 99.2 Å². The maximum absolute atomic E-state index is 12.3. The van der Waals surface area contributed by atoms with Gasteiger partial charge in [0, 0.05) is 24.6 Å². The van der Waals surface area contributed by atoms with Crippen LogP contribution in [0.5, 0.6) is 5.75 Å². The normalized spacial score (nSPS) is 17.2. The van der Waals surface area contributed by atoms with Crippen LogP contribution >= 0.6 is 11.6 Å². The van der Waals surface area contributed by atoms with Crippen molar-refractivity contribution in [1.29, 1.82) is 0 Å². The first kappa shape index (κ1) is 14.5. The Balaban J connectivity index is 2.03. The van der Waals surface area contributed by atoms with Crippen LogP contribution in [0.15, 0.2) is 23.4 Å². The number of halogens is 1. The minimum atomic E-state index is -0.134. The minimum absolute atomic E-state index is 0.00690. The van der Waals surface area contributed by atoms with Crippen molar-refractivity contribution in [3.05, 3.63) is 28.8 Å². The molecule has 0 unspecified atom stereocenters. The number of phenolic OH excluding ortho intramolecular Hbond substituents is 1. The number of carbonyl (C=O) groups is 1. The van der Waals surface area contributed by atoms with Crippen molar-refractivity contribution in [3.8, 4) is 5.75 Å². The lowest BCUT2D eigenvalue weighted by molar-refractivity contribution is 0.0709. The highest BCUT2D eigenvalue weighted by atomic mass is 35.5. The van der Waals surface area contributed by atoms with Crippen LogP contribution in [0.25, 0.3) is 0 Å². The Morgan fingerprint density at radius 1 is 1.40 bits per heavy atom. The smallest absolute Gasteiger partial charge is 0.253 e. The molecular formula is C13H16ClN3O3. The SMILES string of the molecule is NC(=NO)C1CCN(C(=O)c2ccc(O)c(Cl)c2)CC1. The minimum Gasteiger partial charge on any atom is -0.506 e. The second-order valence-electron chi connectivity index (χ2n) is 4.76. The maximum Gasteiger partial charge on any atom is 0.253 e. The third kappa shape index (κ3) is 2.96. The van der Waals surface area contributed by atoms with Crippen LogP contribution < -0.4 is 5.73 Å². The predicted octanol–water partition coefficient (Wildman–Crippen LogP) is 1.64. The molecule has 108 valence electrons. The van der Waals surface area contributed by atoms with E-state index in [1.807, 2.05) is 0 Å². The molecule has 0 spiro atoms. The van der Waals surface area contributed by atoms with E-state index in [2.05, 4.69) is 5.16 Å². The number of phenols is 1. The lowest BCUT2D eigenvalue weighted by Crippen LogP contribution is -2.41. The van der Waals surface area contributed by atoms with Gasteiger partial charge in [0.1, 0.15) is 11.6 Å². The van der Waals surface area contributed by atoms with Gasteiger partial charge in [0.25, 0.3) is 5.91 Å². The number of benzene rings is 1. The van der Waals surface area contributed by atoms with Gasteiger partial charge in [-0.05, 0) is 31.0 Å². The average Bonchev–Trinajstić information content (AvgIpc) is 2.48. The zero-order valence-corrected chi connectivity index (χ0v) is 11.5. The first-order valence-electron chi connectivity index (χ1n) is 6.28. The summed E-state index contributed by atoms with van der Waals surface area (Å²) in [6, 6.07) is 4.40. The van der Waals surface area contributed by atoms with Crippen molar-refractivity contribution in [1.82, 2.24) is 4.90 Å². The number of oxime groups is 1. The summed E-state index contributed by atoms with van der Waals surface area (Å²) in [6.07, 6.45) is 1.32. The lowest BCUT2D eigenvalue weighted by atomic mass is 9.95. The summed E-state index contributed by atoms with van der Waals surface area (Å²) in [7, 11) is 0. The van der Waals surface area contributed by atoms with E-state index in [0.29, 0.717) is 31.5 Å². The molecule has 1 aromatic rings. The van der Waals surface area contributed by atoms with E-state index < -0.39 is 0 Å². The van der Waals surface area contributed by atoms with Crippen molar-refractivity contribution in [3.63, 3.8) is 0 Å². The van der Waals surface area contributed by atoms with E-state index in [-0.39, 0.29) is 28.4 Å². The van der Waals surface area contributed by atoms with Crippen molar-refractivity contribution in [2.75, 3.05) is 13.1 Å². The van der Waals surface area contributed by atoms with Crippen molar-refractivity contribution in [2.24, 2.45) is 16.8 Å². The summed E-state index contributed by atoms with van der Waals surface area (Å²) in [5.41, 5.74) is 6.01. The van der Waals surface area contributed by atoms with E-state index in [1.165, 1.54) is 12.1 Å². The number of hydrogen-bond donors (Lipinski definition) is 3. The van der Waals surface area contributed by atoms with Gasteiger partial charge in [-0.25, -0.2) is 0 Å². The first-order chi connectivity index (χ1) is 9.52. The summed E-state index contributed by atoms with van der Waals surface area (Å²) in [4.78, 5) is 14.0. The van der Waals surface area contributed by atoms with Crippen molar-refractivity contribution < 1.29 is 15.1 Å². The molecule has 4 N–H and O–H groups in total. The molecule has 1 fully saturated rings. The van der Waals surface area contributed by atoms with Crippen LogP contribution in [0.2, 0.25) is 5.02 Å². The molecule has 0 aromatic heterocycles. The van der Waals surface area contributed by atoms with Gasteiger partial charge in [-0.2, -0.15) is 0 Å². The number of amidine groups is 1. The number of amides is 1. The highest BCUT2D eigenvalue weighted by Crippen LogP contribution is 2.25. The number of rotatable bonds is 2. The number of nitrogens with zero attached hydrogens (tertiary/aromatic N) is 2. The Morgan fingerprint density at radius 3 is 2.60 bits per heavy atom. The standard InChI is InChI=1S/C13H16ClN3O3/c14-10-7-9(1-2-11(10)18)13(19)17-5-3-8(4-6-17)12(15)16-20/h1-2,7-8,18,20H,3-6H2,(H2,15,16). The largest absolute Gasteiger partial charge is 0.506 e. The molecule has 0 saturated carbocycles. The molecule has 1 heterocycles. The second kappa shape index (κ2) is 6.00. The van der Waals surface area contributed by atoms with Crippen LogP contribution in [0, 0.1) is 5.92 Å². The monoisotopic (exact) mass is 297 g/mol. The molecule has 0 aliphatic carbocycles. The molecule has 0 radical (unpaired) electrons. The fourth-order valence-electron chi connectivity index (χ4n) is 2.28. The van der Waals surface area contributed by atoms with E-state index in [4.69, 9.17) is 22.5 Å². The van der Waals surface area contributed by atoms with Gasteiger partial charge in [-0.3, -0.25) is 4.79 Å². The Kier molecular flexibility index (Phi) is 4.34. The molecule has 1 saturated heterocycles. The van der Waals surface area contributed by atoms with Gasteiger partial charge >= 0.3 is 0 Å². The number of aromatic hydroxyl groups is 1. The fourth-order valence-corrected chi connectivity index (χ4v) is 2.46. The average molecular weight is 298 g/mol. The van der Waals surface area contributed by atoms with Crippen LogP contribution in [0.4, 0.5) is 0 Å². The van der Waals surface area contributed by atoms with Gasteiger partial charge in [0.05, 0.1) is 5.02 Å². The molecule has 7 heteroatoms. The van der Waals surface area contributed by atoms with Crippen LogP contribution in [-0.4, -0.2) is 40.0 Å². The molecule has 2 rings (SSSR count). The Morgan fingerprint density at radius 2 is 2.05 bits per heavy atom. The van der Waals surface area contributed by atoms with Crippen LogP contribution in [-0.2, 0) is 0 Å². The van der Waals surface area contributed by atoms with E-state index in [0.717, 1.165) is 0 Å². The van der Waals surface area contributed by atoms with Gasteiger partial charge in [-0.1, -0.05) is 16.8 Å². The second-order valence-corrected chi connectivity index (χ2v) is 5.16. The summed E-state index contributed by atoms with van der Waals surface area (Å²) < 4.78 is 0. The summed E-state index contributed by atoms with van der Waals surface area (Å²) in [5.74, 6) is 0.0379. The Labute approximate surface area is 121 Å².